The number of ether oxygens (including phenoxy) is 5. The van der Waals surface area contributed by atoms with Crippen LogP contribution in [0.4, 0.5) is 0 Å². The van der Waals surface area contributed by atoms with Gasteiger partial charge in [0.2, 0.25) is 0 Å². The molecule has 4 unspecified atom stereocenters. The minimum Gasteiger partial charge on any atom is -0.497 e. The lowest BCUT2D eigenvalue weighted by Crippen LogP contribution is -2.54. The fourth-order valence-corrected chi connectivity index (χ4v) is 5.74. The molecule has 4 atom stereocenters. The Balaban J connectivity index is 1.59. The first-order valence-electron chi connectivity index (χ1n) is 11.9. The maximum Gasteiger partial charge on any atom is 0.317 e. The zero-order valence-corrected chi connectivity index (χ0v) is 20.2. The number of carbonyl (C=O) groups excluding carboxylic acids is 2. The molecular formula is C28H30O7. The van der Waals surface area contributed by atoms with E-state index in [2.05, 4.69) is 0 Å². The number of hydrogen-bond acceptors (Lipinski definition) is 7. The van der Waals surface area contributed by atoms with E-state index in [9.17, 15) is 9.59 Å². The van der Waals surface area contributed by atoms with Crippen molar-refractivity contribution in [1.29, 1.82) is 0 Å². The van der Waals surface area contributed by atoms with E-state index in [-0.39, 0.29) is 17.6 Å². The molecule has 2 heterocycles. The first-order valence-corrected chi connectivity index (χ1v) is 11.9. The number of esters is 1. The molecule has 0 amide bonds. The molecule has 2 aromatic rings. The smallest absolute Gasteiger partial charge is 0.317 e. The van der Waals surface area contributed by atoms with Gasteiger partial charge in [-0.2, -0.15) is 0 Å². The number of methoxy groups -OCH3 is 2. The van der Waals surface area contributed by atoms with Crippen molar-refractivity contribution in [3.8, 4) is 11.5 Å². The molecule has 35 heavy (non-hydrogen) atoms. The van der Waals surface area contributed by atoms with E-state index in [4.69, 9.17) is 23.7 Å². The highest BCUT2D eigenvalue weighted by Gasteiger charge is 2.57. The molecule has 2 aromatic carbocycles. The van der Waals surface area contributed by atoms with Crippen molar-refractivity contribution in [1.82, 2.24) is 0 Å². The van der Waals surface area contributed by atoms with Gasteiger partial charge < -0.3 is 23.7 Å². The predicted molar refractivity (Wildman–Crippen MR) is 128 cm³/mol. The highest BCUT2D eigenvalue weighted by atomic mass is 16.7. The first kappa shape index (κ1) is 23.6. The van der Waals surface area contributed by atoms with E-state index in [0.717, 1.165) is 22.4 Å². The quantitative estimate of drug-likeness (QED) is 0.472. The van der Waals surface area contributed by atoms with Gasteiger partial charge >= 0.3 is 5.97 Å². The molecule has 5 rings (SSSR count). The molecule has 0 aromatic heterocycles. The number of fused-ring (bicyclic) bond motifs is 1. The van der Waals surface area contributed by atoms with Gasteiger partial charge in [-0.3, -0.25) is 9.59 Å². The van der Waals surface area contributed by atoms with E-state index in [1.165, 1.54) is 6.92 Å². The van der Waals surface area contributed by atoms with Crippen LogP contribution in [0.15, 0.2) is 54.1 Å². The number of hydrogen-bond donors (Lipinski definition) is 0. The van der Waals surface area contributed by atoms with Crippen molar-refractivity contribution in [2.24, 2.45) is 11.8 Å². The summed E-state index contributed by atoms with van der Waals surface area (Å²) in [6.45, 7) is 2.48. The number of ketones is 1. The van der Waals surface area contributed by atoms with Crippen LogP contribution >= 0.6 is 0 Å². The molecule has 1 spiro atoms. The highest BCUT2D eigenvalue weighted by Crippen LogP contribution is 2.53. The lowest BCUT2D eigenvalue weighted by atomic mass is 9.64. The van der Waals surface area contributed by atoms with Crippen LogP contribution in [0.2, 0.25) is 0 Å². The van der Waals surface area contributed by atoms with E-state index >= 15 is 0 Å². The monoisotopic (exact) mass is 478 g/mol. The normalized spacial score (nSPS) is 28.4. The van der Waals surface area contributed by atoms with Gasteiger partial charge in [-0.1, -0.05) is 30.3 Å². The fraction of sp³-hybridized carbons (Fsp3) is 0.429. The molecule has 1 saturated carbocycles. The summed E-state index contributed by atoms with van der Waals surface area (Å²) in [6.07, 6.45) is 2.58. The molecule has 3 fully saturated rings. The molecule has 2 aliphatic heterocycles. The van der Waals surface area contributed by atoms with Crippen LogP contribution in [0.25, 0.3) is 6.08 Å². The van der Waals surface area contributed by atoms with E-state index < -0.39 is 23.8 Å². The Kier molecular flexibility index (Phi) is 6.38. The third kappa shape index (κ3) is 4.46. The van der Waals surface area contributed by atoms with Crippen LogP contribution in [0.5, 0.6) is 11.5 Å². The average molecular weight is 479 g/mol. The SMILES string of the molecule is COc1ccc(/C=C2\CC3(CC4C2OC(=O)C(C(C)=O)C4c2ccc(OC)cc2)OCCO3)cc1. The van der Waals surface area contributed by atoms with Gasteiger partial charge in [0.15, 0.2) is 5.79 Å². The summed E-state index contributed by atoms with van der Waals surface area (Å²) in [5.74, 6) is -1.45. The van der Waals surface area contributed by atoms with Crippen molar-refractivity contribution in [2.75, 3.05) is 27.4 Å². The Hall–Kier alpha value is -3.16. The molecule has 3 aliphatic rings. The summed E-state index contributed by atoms with van der Waals surface area (Å²) < 4.78 is 28.9. The van der Waals surface area contributed by atoms with Crippen molar-refractivity contribution >= 4 is 17.8 Å². The number of benzene rings is 2. The topological polar surface area (TPSA) is 80.3 Å². The van der Waals surface area contributed by atoms with Crippen LogP contribution in [-0.2, 0) is 23.8 Å². The Morgan fingerprint density at radius 2 is 1.57 bits per heavy atom. The summed E-state index contributed by atoms with van der Waals surface area (Å²) >= 11 is 0. The van der Waals surface area contributed by atoms with Gasteiger partial charge in [-0.25, -0.2) is 0 Å². The molecule has 184 valence electrons. The van der Waals surface area contributed by atoms with Crippen LogP contribution < -0.4 is 9.47 Å². The molecular weight excluding hydrogens is 448 g/mol. The standard InChI is InChI=1S/C28H30O7/c1-17(29)24-25(19-6-10-22(32-3)11-7-19)23-16-28(33-12-13-34-28)15-20(26(23)35-27(24)30)14-18-4-8-21(31-2)9-5-18/h4-11,14,23-26H,12-13,15-16H2,1-3H3/b20-14+. The molecule has 0 N–H and O–H groups in total. The first-order chi connectivity index (χ1) is 16.9. The van der Waals surface area contributed by atoms with Crippen molar-refractivity contribution in [3.05, 3.63) is 65.2 Å². The van der Waals surface area contributed by atoms with E-state index in [1.807, 2.05) is 54.6 Å². The van der Waals surface area contributed by atoms with Crippen LogP contribution in [0.3, 0.4) is 0 Å². The van der Waals surface area contributed by atoms with Crippen LogP contribution in [-0.4, -0.2) is 51.1 Å². The Morgan fingerprint density at radius 3 is 2.14 bits per heavy atom. The highest BCUT2D eigenvalue weighted by molar-refractivity contribution is 5.99. The molecule has 7 heteroatoms. The summed E-state index contributed by atoms with van der Waals surface area (Å²) in [7, 11) is 3.24. The summed E-state index contributed by atoms with van der Waals surface area (Å²) in [6, 6.07) is 15.3. The minimum absolute atomic E-state index is 0.189. The number of Topliss-reactive ketones (excluding diaryl/α,β-unsaturated/α-hetero) is 1. The average Bonchev–Trinajstić information content (AvgIpc) is 3.31. The second-order valence-electron chi connectivity index (χ2n) is 9.39. The van der Waals surface area contributed by atoms with E-state index in [0.29, 0.717) is 31.8 Å². The lowest BCUT2D eigenvalue weighted by molar-refractivity contribution is -0.208. The maximum absolute atomic E-state index is 13.2. The van der Waals surface area contributed by atoms with Crippen molar-refractivity contribution < 1.29 is 33.3 Å². The van der Waals surface area contributed by atoms with Gasteiger partial charge in [0.05, 0.1) is 27.4 Å². The lowest BCUT2D eigenvalue weighted by Gasteiger charge is -2.49. The van der Waals surface area contributed by atoms with Crippen LogP contribution in [0, 0.1) is 11.8 Å². The Bertz CT molecular complexity index is 1110. The second-order valence-corrected chi connectivity index (χ2v) is 9.39. The zero-order chi connectivity index (χ0) is 24.6. The van der Waals surface area contributed by atoms with Gasteiger partial charge in [-0.05, 0) is 47.9 Å². The summed E-state index contributed by atoms with van der Waals surface area (Å²) in [5.41, 5.74) is 2.78. The fourth-order valence-electron chi connectivity index (χ4n) is 5.74. The molecule has 0 radical (unpaired) electrons. The van der Waals surface area contributed by atoms with Crippen molar-refractivity contribution in [2.45, 2.75) is 37.6 Å². The maximum atomic E-state index is 13.2. The van der Waals surface area contributed by atoms with Gasteiger partial charge in [0, 0.05) is 24.7 Å². The third-order valence-corrected chi connectivity index (χ3v) is 7.31. The van der Waals surface area contributed by atoms with Crippen LogP contribution in [0.1, 0.15) is 36.8 Å². The summed E-state index contributed by atoms with van der Waals surface area (Å²) in [5, 5.41) is 0. The van der Waals surface area contributed by atoms with E-state index in [1.54, 1.807) is 14.2 Å². The van der Waals surface area contributed by atoms with Gasteiger partial charge in [0.25, 0.3) is 0 Å². The Labute approximate surface area is 205 Å². The second kappa shape index (κ2) is 9.47. The van der Waals surface area contributed by atoms with Crippen molar-refractivity contribution in [3.63, 3.8) is 0 Å². The molecule has 7 nitrogen and oxygen atoms in total. The van der Waals surface area contributed by atoms with Gasteiger partial charge in [0.1, 0.15) is 29.3 Å². The van der Waals surface area contributed by atoms with Gasteiger partial charge in [-0.15, -0.1) is 0 Å². The molecule has 2 saturated heterocycles. The Morgan fingerprint density at radius 1 is 0.971 bits per heavy atom. The zero-order valence-electron chi connectivity index (χ0n) is 20.2. The largest absolute Gasteiger partial charge is 0.497 e. The number of rotatable bonds is 5. The number of carbonyl (C=O) groups is 2. The minimum atomic E-state index is -0.886. The summed E-state index contributed by atoms with van der Waals surface area (Å²) in [4.78, 5) is 25.9. The predicted octanol–water partition coefficient (Wildman–Crippen LogP) is 4.15. The molecule has 1 aliphatic carbocycles. The third-order valence-electron chi connectivity index (χ3n) is 7.31. The molecule has 0 bridgehead atoms.